The number of hydrogen-bond donors (Lipinski definition) is 0. The lowest BCUT2D eigenvalue weighted by atomic mass is 10.3. The molecule has 0 amide bonds. The van der Waals surface area contributed by atoms with Gasteiger partial charge < -0.3 is 9.53 Å². The van der Waals surface area contributed by atoms with Crippen molar-refractivity contribution in [2.75, 3.05) is 7.11 Å². The highest BCUT2D eigenvalue weighted by Crippen LogP contribution is 1.85. The van der Waals surface area contributed by atoms with Crippen LogP contribution >= 0.6 is 0 Å². The van der Waals surface area contributed by atoms with Crippen LogP contribution in [0.5, 0.6) is 0 Å². The molecule has 0 aromatic rings. The molecule has 0 aromatic heterocycles. The minimum absolute atomic E-state index is 0.194. The van der Waals surface area contributed by atoms with Crippen molar-refractivity contribution < 1.29 is 14.3 Å². The van der Waals surface area contributed by atoms with Crippen molar-refractivity contribution in [2.24, 2.45) is 0 Å². The number of methoxy groups -OCH3 is 1. The number of carbonyl (C=O) groups is 2. The lowest BCUT2D eigenvalue weighted by Gasteiger charge is -1.90. The van der Waals surface area contributed by atoms with Crippen LogP contribution in [-0.2, 0) is 14.3 Å². The zero-order valence-corrected chi connectivity index (χ0v) is 6.13. The highest BCUT2D eigenvalue weighted by Gasteiger charge is 1.95. The molecule has 0 aliphatic heterocycles. The average Bonchev–Trinajstić information content (AvgIpc) is 2.04. The number of ether oxygens (including phenoxy) is 1. The summed E-state index contributed by atoms with van der Waals surface area (Å²) in [6, 6.07) is 0. The Morgan fingerprint density at radius 1 is 1.60 bits per heavy atom. The first kappa shape index (κ1) is 11.6. The first-order valence-corrected chi connectivity index (χ1v) is 2.81. The molecule has 0 unspecified atom stereocenters. The van der Waals surface area contributed by atoms with E-state index in [0.717, 1.165) is 0 Å². The molecule has 0 aliphatic rings. The summed E-state index contributed by atoms with van der Waals surface area (Å²) in [5, 5.41) is 0. The SMILES string of the molecule is C=C.COC(=O)CCC=O. The van der Waals surface area contributed by atoms with Crippen LogP contribution in [-0.4, -0.2) is 19.4 Å². The average molecular weight is 144 g/mol. The molecule has 0 spiro atoms. The fourth-order valence-electron chi connectivity index (χ4n) is 0.279. The van der Waals surface area contributed by atoms with E-state index in [1.807, 2.05) is 0 Å². The lowest BCUT2D eigenvalue weighted by Crippen LogP contribution is -1.99. The summed E-state index contributed by atoms with van der Waals surface area (Å²) in [6.45, 7) is 6.00. The van der Waals surface area contributed by atoms with Gasteiger partial charge in [0, 0.05) is 6.42 Å². The third-order valence-electron chi connectivity index (χ3n) is 0.694. The van der Waals surface area contributed by atoms with Gasteiger partial charge in [-0.3, -0.25) is 4.79 Å². The summed E-state index contributed by atoms with van der Waals surface area (Å²) >= 11 is 0. The summed E-state index contributed by atoms with van der Waals surface area (Å²) in [5.74, 6) is -0.336. The molecule has 0 heterocycles. The van der Waals surface area contributed by atoms with Crippen LogP contribution < -0.4 is 0 Å². The molecular formula is C7H12O3. The maximum absolute atomic E-state index is 10.2. The van der Waals surface area contributed by atoms with Crippen LogP contribution in [0.2, 0.25) is 0 Å². The van der Waals surface area contributed by atoms with Gasteiger partial charge in [-0.15, -0.1) is 13.2 Å². The monoisotopic (exact) mass is 144 g/mol. The van der Waals surface area contributed by atoms with Crippen LogP contribution in [0.3, 0.4) is 0 Å². The van der Waals surface area contributed by atoms with Gasteiger partial charge in [0.1, 0.15) is 6.29 Å². The van der Waals surface area contributed by atoms with Crippen molar-refractivity contribution >= 4 is 12.3 Å². The van der Waals surface area contributed by atoms with E-state index in [9.17, 15) is 9.59 Å². The third kappa shape index (κ3) is 9.99. The Hall–Kier alpha value is -1.12. The summed E-state index contributed by atoms with van der Waals surface area (Å²) in [7, 11) is 1.30. The quantitative estimate of drug-likeness (QED) is 0.336. The second kappa shape index (κ2) is 10.8. The van der Waals surface area contributed by atoms with Crippen molar-refractivity contribution in [2.45, 2.75) is 12.8 Å². The standard InChI is InChI=1S/C5H8O3.C2H4/c1-8-5(7)3-2-4-6;1-2/h4H,2-3H2,1H3;1-2H2. The number of hydrogen-bond acceptors (Lipinski definition) is 3. The summed E-state index contributed by atoms with van der Waals surface area (Å²) in [6.07, 6.45) is 1.14. The van der Waals surface area contributed by atoms with E-state index in [1.54, 1.807) is 0 Å². The fourth-order valence-corrected chi connectivity index (χ4v) is 0.279. The maximum Gasteiger partial charge on any atom is 0.305 e. The molecule has 3 heteroatoms. The van der Waals surface area contributed by atoms with Gasteiger partial charge in [-0.2, -0.15) is 0 Å². The Labute approximate surface area is 60.7 Å². The minimum Gasteiger partial charge on any atom is -0.469 e. The Balaban J connectivity index is 0. The van der Waals surface area contributed by atoms with Gasteiger partial charge in [-0.25, -0.2) is 0 Å². The number of esters is 1. The van der Waals surface area contributed by atoms with Crippen molar-refractivity contribution in [1.82, 2.24) is 0 Å². The Morgan fingerprint density at radius 2 is 2.10 bits per heavy atom. The number of carbonyl (C=O) groups excluding carboxylic acids is 2. The minimum atomic E-state index is -0.336. The molecule has 0 atom stereocenters. The molecule has 0 saturated heterocycles. The Bertz CT molecular complexity index is 99.0. The topological polar surface area (TPSA) is 43.4 Å². The van der Waals surface area contributed by atoms with E-state index < -0.39 is 0 Å². The van der Waals surface area contributed by atoms with Gasteiger partial charge in [0.15, 0.2) is 0 Å². The zero-order valence-electron chi connectivity index (χ0n) is 6.13. The molecule has 0 aromatic carbocycles. The molecule has 0 radical (unpaired) electrons. The van der Waals surface area contributed by atoms with Gasteiger partial charge in [0.25, 0.3) is 0 Å². The largest absolute Gasteiger partial charge is 0.469 e. The molecule has 10 heavy (non-hydrogen) atoms. The molecule has 0 saturated carbocycles. The van der Waals surface area contributed by atoms with Crippen LogP contribution in [0.4, 0.5) is 0 Å². The highest BCUT2D eigenvalue weighted by atomic mass is 16.5. The maximum atomic E-state index is 10.2. The lowest BCUT2D eigenvalue weighted by molar-refractivity contribution is -0.141. The van der Waals surface area contributed by atoms with E-state index in [1.165, 1.54) is 7.11 Å². The number of aldehydes is 1. The van der Waals surface area contributed by atoms with E-state index in [-0.39, 0.29) is 18.8 Å². The molecule has 0 bridgehead atoms. The van der Waals surface area contributed by atoms with Gasteiger partial charge in [0.05, 0.1) is 13.5 Å². The van der Waals surface area contributed by atoms with Gasteiger partial charge in [0.2, 0.25) is 0 Å². The molecule has 0 aliphatic carbocycles. The molecule has 0 N–H and O–H groups in total. The Kier molecular flexibility index (Phi) is 12.6. The molecule has 0 rings (SSSR count). The second-order valence-electron chi connectivity index (χ2n) is 1.28. The van der Waals surface area contributed by atoms with Crippen molar-refractivity contribution in [1.29, 1.82) is 0 Å². The third-order valence-corrected chi connectivity index (χ3v) is 0.694. The molecule has 0 fully saturated rings. The van der Waals surface area contributed by atoms with Crippen LogP contribution in [0, 0.1) is 0 Å². The van der Waals surface area contributed by atoms with E-state index in [4.69, 9.17) is 0 Å². The first-order chi connectivity index (χ1) is 4.81. The van der Waals surface area contributed by atoms with E-state index in [0.29, 0.717) is 6.29 Å². The first-order valence-electron chi connectivity index (χ1n) is 2.81. The van der Waals surface area contributed by atoms with E-state index >= 15 is 0 Å². The van der Waals surface area contributed by atoms with Gasteiger partial charge in [-0.1, -0.05) is 0 Å². The fraction of sp³-hybridized carbons (Fsp3) is 0.429. The highest BCUT2D eigenvalue weighted by molar-refractivity contribution is 5.72. The Morgan fingerprint density at radius 3 is 2.40 bits per heavy atom. The summed E-state index contributed by atoms with van der Waals surface area (Å²) in [4.78, 5) is 19.8. The predicted molar refractivity (Wildman–Crippen MR) is 38.6 cm³/mol. The number of rotatable bonds is 3. The summed E-state index contributed by atoms with van der Waals surface area (Å²) in [5.41, 5.74) is 0. The van der Waals surface area contributed by atoms with Crippen molar-refractivity contribution in [3.8, 4) is 0 Å². The summed E-state index contributed by atoms with van der Waals surface area (Å²) < 4.78 is 4.25. The second-order valence-corrected chi connectivity index (χ2v) is 1.28. The molecule has 3 nitrogen and oxygen atoms in total. The van der Waals surface area contributed by atoms with Gasteiger partial charge in [-0.05, 0) is 0 Å². The normalized spacial score (nSPS) is 6.90. The van der Waals surface area contributed by atoms with Crippen LogP contribution in [0.1, 0.15) is 12.8 Å². The van der Waals surface area contributed by atoms with Crippen molar-refractivity contribution in [3.63, 3.8) is 0 Å². The van der Waals surface area contributed by atoms with Crippen molar-refractivity contribution in [3.05, 3.63) is 13.2 Å². The van der Waals surface area contributed by atoms with Gasteiger partial charge >= 0.3 is 5.97 Å². The predicted octanol–water partition coefficient (Wildman–Crippen LogP) is 0.941. The van der Waals surface area contributed by atoms with Crippen LogP contribution in [0.25, 0.3) is 0 Å². The molecular weight excluding hydrogens is 132 g/mol. The van der Waals surface area contributed by atoms with E-state index in [2.05, 4.69) is 17.9 Å². The van der Waals surface area contributed by atoms with Crippen LogP contribution in [0.15, 0.2) is 13.2 Å². The zero-order chi connectivity index (χ0) is 8.41. The smallest absolute Gasteiger partial charge is 0.305 e. The molecule has 58 valence electrons.